The summed E-state index contributed by atoms with van der Waals surface area (Å²) in [6.45, 7) is 8.25. The first-order valence-electron chi connectivity index (χ1n) is 8.90. The number of carbonyl (C=O) groups excluding carboxylic acids is 1. The molecule has 0 saturated carbocycles. The van der Waals surface area contributed by atoms with Crippen molar-refractivity contribution in [3.8, 4) is 11.5 Å². The first-order valence-corrected chi connectivity index (χ1v) is 8.90. The average molecular weight is 368 g/mol. The summed E-state index contributed by atoms with van der Waals surface area (Å²) in [5, 5.41) is 20.8. The maximum atomic E-state index is 12.2. The predicted octanol–water partition coefficient (Wildman–Crippen LogP) is 3.45. The summed E-state index contributed by atoms with van der Waals surface area (Å²) >= 11 is 0. The molecule has 3 aromatic rings. The van der Waals surface area contributed by atoms with Gasteiger partial charge in [0.05, 0.1) is 5.69 Å². The SMILES string of the molecule is Cc1nnc(-c2ccc(C)c(NC(=O)NCCCc3c(C)n[nH]c3C)c2)o1. The number of aromatic amines is 1. The van der Waals surface area contributed by atoms with Gasteiger partial charge < -0.3 is 15.1 Å². The lowest BCUT2D eigenvalue weighted by Crippen LogP contribution is -2.30. The molecule has 2 aromatic heterocycles. The van der Waals surface area contributed by atoms with Crippen molar-refractivity contribution >= 4 is 11.7 Å². The van der Waals surface area contributed by atoms with Crippen LogP contribution < -0.4 is 10.6 Å². The molecule has 0 aliphatic heterocycles. The van der Waals surface area contributed by atoms with Crippen LogP contribution in [0.1, 0.15) is 34.8 Å². The number of benzene rings is 1. The summed E-state index contributed by atoms with van der Waals surface area (Å²) in [6, 6.07) is 5.40. The van der Waals surface area contributed by atoms with Gasteiger partial charge >= 0.3 is 6.03 Å². The van der Waals surface area contributed by atoms with E-state index < -0.39 is 0 Å². The van der Waals surface area contributed by atoms with Crippen molar-refractivity contribution in [1.82, 2.24) is 25.7 Å². The fourth-order valence-corrected chi connectivity index (χ4v) is 2.88. The maximum absolute atomic E-state index is 12.2. The summed E-state index contributed by atoms with van der Waals surface area (Å²) in [7, 11) is 0. The topological polar surface area (TPSA) is 109 Å². The van der Waals surface area contributed by atoms with Crippen molar-refractivity contribution < 1.29 is 9.21 Å². The molecule has 0 unspecified atom stereocenters. The number of nitrogens with one attached hydrogen (secondary N) is 3. The number of anilines is 1. The van der Waals surface area contributed by atoms with Crippen molar-refractivity contribution in [3.63, 3.8) is 0 Å². The second-order valence-electron chi connectivity index (χ2n) is 6.55. The molecule has 0 radical (unpaired) electrons. The Bertz CT molecular complexity index is 924. The number of aryl methyl sites for hydroxylation is 4. The minimum atomic E-state index is -0.238. The highest BCUT2D eigenvalue weighted by Crippen LogP contribution is 2.24. The van der Waals surface area contributed by atoms with E-state index in [0.29, 0.717) is 24.0 Å². The molecule has 0 spiro atoms. The molecular formula is C19H24N6O2. The van der Waals surface area contributed by atoms with Crippen molar-refractivity contribution in [2.24, 2.45) is 0 Å². The molecule has 8 nitrogen and oxygen atoms in total. The van der Waals surface area contributed by atoms with Crippen LogP contribution >= 0.6 is 0 Å². The molecule has 3 rings (SSSR count). The summed E-state index contributed by atoms with van der Waals surface area (Å²) < 4.78 is 5.45. The number of carbonyl (C=O) groups is 1. The molecule has 27 heavy (non-hydrogen) atoms. The van der Waals surface area contributed by atoms with Gasteiger partial charge in [-0.25, -0.2) is 4.79 Å². The van der Waals surface area contributed by atoms with Crippen molar-refractivity contribution in [3.05, 3.63) is 46.6 Å². The number of hydrogen-bond donors (Lipinski definition) is 3. The lowest BCUT2D eigenvalue weighted by atomic mass is 10.1. The Morgan fingerprint density at radius 3 is 2.67 bits per heavy atom. The van der Waals surface area contributed by atoms with Gasteiger partial charge in [-0.2, -0.15) is 5.10 Å². The van der Waals surface area contributed by atoms with Gasteiger partial charge in [-0.3, -0.25) is 5.10 Å². The van der Waals surface area contributed by atoms with Crippen LogP contribution in [0.25, 0.3) is 11.5 Å². The van der Waals surface area contributed by atoms with E-state index in [2.05, 4.69) is 31.0 Å². The van der Waals surface area contributed by atoms with Crippen molar-refractivity contribution in [1.29, 1.82) is 0 Å². The Balaban J connectivity index is 1.54. The lowest BCUT2D eigenvalue weighted by Gasteiger charge is -2.11. The van der Waals surface area contributed by atoms with Gasteiger partial charge in [-0.1, -0.05) is 6.07 Å². The summed E-state index contributed by atoms with van der Waals surface area (Å²) in [5.74, 6) is 0.933. The van der Waals surface area contributed by atoms with Crippen molar-refractivity contribution in [2.45, 2.75) is 40.5 Å². The molecule has 2 amide bonds. The van der Waals surface area contributed by atoms with Crippen LogP contribution in [0.5, 0.6) is 0 Å². The van der Waals surface area contributed by atoms with E-state index in [0.717, 1.165) is 35.4 Å². The molecule has 0 fully saturated rings. The number of nitrogens with zero attached hydrogens (tertiary/aromatic N) is 3. The molecule has 142 valence electrons. The molecule has 3 N–H and O–H groups in total. The fourth-order valence-electron chi connectivity index (χ4n) is 2.88. The van der Waals surface area contributed by atoms with Crippen LogP contribution in [-0.4, -0.2) is 33.0 Å². The van der Waals surface area contributed by atoms with Gasteiger partial charge in [0, 0.05) is 30.4 Å². The highest BCUT2D eigenvalue weighted by Gasteiger charge is 2.11. The smallest absolute Gasteiger partial charge is 0.319 e. The second kappa shape index (κ2) is 8.03. The van der Waals surface area contributed by atoms with E-state index in [4.69, 9.17) is 4.42 Å². The molecule has 0 bridgehead atoms. The number of rotatable bonds is 6. The lowest BCUT2D eigenvalue weighted by molar-refractivity contribution is 0.252. The number of urea groups is 1. The van der Waals surface area contributed by atoms with Gasteiger partial charge in [0.15, 0.2) is 0 Å². The van der Waals surface area contributed by atoms with Crippen LogP contribution in [0.3, 0.4) is 0 Å². The van der Waals surface area contributed by atoms with Crippen LogP contribution in [0.2, 0.25) is 0 Å². The Morgan fingerprint density at radius 2 is 2.00 bits per heavy atom. The number of amides is 2. The zero-order valence-electron chi connectivity index (χ0n) is 16.0. The minimum absolute atomic E-state index is 0.238. The molecule has 8 heteroatoms. The molecule has 0 atom stereocenters. The van der Waals surface area contributed by atoms with Crippen LogP contribution in [0.15, 0.2) is 22.6 Å². The zero-order chi connectivity index (χ0) is 19.4. The Hall–Kier alpha value is -3.16. The van der Waals surface area contributed by atoms with Crippen LogP contribution in [0.4, 0.5) is 10.5 Å². The third kappa shape index (κ3) is 4.52. The van der Waals surface area contributed by atoms with E-state index in [1.807, 2.05) is 39.0 Å². The van der Waals surface area contributed by atoms with E-state index in [1.165, 1.54) is 5.56 Å². The summed E-state index contributed by atoms with van der Waals surface area (Å²) in [6.07, 6.45) is 1.72. The van der Waals surface area contributed by atoms with Crippen LogP contribution in [0, 0.1) is 27.7 Å². The maximum Gasteiger partial charge on any atom is 0.319 e. The van der Waals surface area contributed by atoms with E-state index >= 15 is 0 Å². The minimum Gasteiger partial charge on any atom is -0.421 e. The largest absolute Gasteiger partial charge is 0.421 e. The summed E-state index contributed by atoms with van der Waals surface area (Å²) in [5.41, 5.74) is 5.75. The van der Waals surface area contributed by atoms with E-state index in [-0.39, 0.29) is 6.03 Å². The fraction of sp³-hybridized carbons (Fsp3) is 0.368. The first kappa shape index (κ1) is 18.6. The second-order valence-corrected chi connectivity index (χ2v) is 6.55. The molecule has 1 aromatic carbocycles. The van der Waals surface area contributed by atoms with E-state index in [9.17, 15) is 4.79 Å². The predicted molar refractivity (Wildman–Crippen MR) is 103 cm³/mol. The normalized spacial score (nSPS) is 10.8. The number of hydrogen-bond acceptors (Lipinski definition) is 5. The highest BCUT2D eigenvalue weighted by molar-refractivity contribution is 5.90. The molecule has 0 saturated heterocycles. The van der Waals surface area contributed by atoms with Gasteiger partial charge in [-0.15, -0.1) is 10.2 Å². The Labute approximate surface area is 157 Å². The number of H-pyrrole nitrogens is 1. The van der Waals surface area contributed by atoms with Gasteiger partial charge in [-0.05, 0) is 56.9 Å². The third-order valence-electron chi connectivity index (χ3n) is 4.43. The number of aromatic nitrogens is 4. The average Bonchev–Trinajstić information content (AvgIpc) is 3.20. The highest BCUT2D eigenvalue weighted by atomic mass is 16.4. The standard InChI is InChI=1S/C19H24N6O2/c1-11-7-8-15(18-25-24-14(4)27-18)10-17(11)21-19(26)20-9-5-6-16-12(2)22-23-13(16)3/h7-8,10H,5-6,9H2,1-4H3,(H,22,23)(H2,20,21,26). The molecule has 0 aliphatic rings. The molecular weight excluding hydrogens is 344 g/mol. The van der Waals surface area contributed by atoms with Crippen LogP contribution in [-0.2, 0) is 6.42 Å². The molecule has 0 aliphatic carbocycles. The van der Waals surface area contributed by atoms with E-state index in [1.54, 1.807) is 6.92 Å². The summed E-state index contributed by atoms with van der Waals surface area (Å²) in [4.78, 5) is 12.2. The Kier molecular flexibility index (Phi) is 5.54. The van der Waals surface area contributed by atoms with Crippen molar-refractivity contribution in [2.75, 3.05) is 11.9 Å². The van der Waals surface area contributed by atoms with Gasteiger partial charge in [0.2, 0.25) is 11.8 Å². The van der Waals surface area contributed by atoms with Gasteiger partial charge in [0.1, 0.15) is 0 Å². The molecule has 2 heterocycles. The quantitative estimate of drug-likeness (QED) is 0.578. The van der Waals surface area contributed by atoms with Gasteiger partial charge in [0.25, 0.3) is 0 Å². The zero-order valence-corrected chi connectivity index (χ0v) is 16.0. The Morgan fingerprint density at radius 1 is 1.19 bits per heavy atom. The third-order valence-corrected chi connectivity index (χ3v) is 4.43. The monoisotopic (exact) mass is 368 g/mol. The first-order chi connectivity index (χ1) is 12.9.